The summed E-state index contributed by atoms with van der Waals surface area (Å²) < 4.78 is 6.76. The van der Waals surface area contributed by atoms with E-state index in [1.165, 1.54) is 0 Å². The number of carbonyl (C=O) groups excluding carboxylic acids is 1. The zero-order valence-electron chi connectivity index (χ0n) is 18.0. The lowest BCUT2D eigenvalue weighted by atomic mass is 10.0. The summed E-state index contributed by atoms with van der Waals surface area (Å²) in [6.07, 6.45) is 0.505. The van der Waals surface area contributed by atoms with Crippen molar-refractivity contribution in [2.75, 3.05) is 0 Å². The van der Waals surface area contributed by atoms with Crippen LogP contribution in [0.15, 0.2) is 87.5 Å². The van der Waals surface area contributed by atoms with Crippen molar-refractivity contribution in [3.05, 3.63) is 88.4 Å². The Balaban J connectivity index is 1.23. The molecule has 1 saturated heterocycles. The van der Waals surface area contributed by atoms with Crippen LogP contribution in [0.4, 0.5) is 5.69 Å². The fourth-order valence-corrected chi connectivity index (χ4v) is 4.27. The number of hydrogen-bond acceptors (Lipinski definition) is 6. The number of aromatic nitrogens is 1. The number of aromatic amines is 1. The number of fused-ring (bicyclic) bond motifs is 1. The van der Waals surface area contributed by atoms with Gasteiger partial charge in [-0.15, -0.1) is 10.2 Å². The van der Waals surface area contributed by atoms with Gasteiger partial charge in [-0.25, -0.2) is 10.9 Å². The molecule has 8 nitrogen and oxygen atoms in total. The minimum Gasteiger partial charge on any atom is -0.493 e. The van der Waals surface area contributed by atoms with Crippen LogP contribution in [0.3, 0.4) is 0 Å². The van der Waals surface area contributed by atoms with Crippen molar-refractivity contribution in [3.63, 3.8) is 0 Å². The quantitative estimate of drug-likeness (QED) is 0.253. The predicted molar refractivity (Wildman–Crippen MR) is 132 cm³/mol. The maximum atomic E-state index is 12.7. The summed E-state index contributed by atoms with van der Waals surface area (Å²) in [5.74, 6) is 0.209. The Hall–Kier alpha value is -3.53. The van der Waals surface area contributed by atoms with Crippen LogP contribution in [0.25, 0.3) is 10.9 Å². The number of hydrazine groups is 1. The number of carbonyl (C=O) groups is 1. The normalized spacial score (nSPS) is 18.0. The molecule has 3 aromatic carbocycles. The van der Waals surface area contributed by atoms with Crippen LogP contribution in [0.5, 0.6) is 11.6 Å². The molecule has 2 unspecified atom stereocenters. The van der Waals surface area contributed by atoms with Gasteiger partial charge in [-0.05, 0) is 47.9 Å². The number of nitrogens with one attached hydrogen (secondary N) is 3. The van der Waals surface area contributed by atoms with Gasteiger partial charge in [-0.1, -0.05) is 58.4 Å². The summed E-state index contributed by atoms with van der Waals surface area (Å²) in [5, 5.41) is 18.7. The van der Waals surface area contributed by atoms with Gasteiger partial charge in [-0.2, -0.15) is 0 Å². The van der Waals surface area contributed by atoms with Gasteiger partial charge in [0.2, 0.25) is 5.88 Å². The second kappa shape index (κ2) is 9.76. The number of amides is 1. The lowest BCUT2D eigenvalue weighted by Crippen LogP contribution is -2.35. The minimum atomic E-state index is -0.540. The zero-order valence-corrected chi connectivity index (χ0v) is 19.6. The van der Waals surface area contributed by atoms with Crippen molar-refractivity contribution in [1.82, 2.24) is 15.8 Å². The third kappa shape index (κ3) is 4.86. The first kappa shape index (κ1) is 22.3. The second-order valence-electron chi connectivity index (χ2n) is 8.03. The number of benzene rings is 3. The summed E-state index contributed by atoms with van der Waals surface area (Å²) in [5.41, 5.74) is 9.20. The molecule has 2 heterocycles. The lowest BCUT2D eigenvalue weighted by molar-refractivity contribution is -0.120. The van der Waals surface area contributed by atoms with E-state index >= 15 is 0 Å². The Morgan fingerprint density at radius 3 is 2.76 bits per heavy atom. The van der Waals surface area contributed by atoms with Gasteiger partial charge in [0.15, 0.2) is 5.69 Å². The van der Waals surface area contributed by atoms with Crippen LogP contribution in [0, 0.1) is 0 Å². The topological polar surface area (TPSA) is 111 Å². The molecule has 1 fully saturated rings. The van der Waals surface area contributed by atoms with Gasteiger partial charge in [0.05, 0.1) is 5.52 Å². The van der Waals surface area contributed by atoms with Gasteiger partial charge in [0.1, 0.15) is 18.4 Å². The molecule has 4 aromatic rings. The van der Waals surface area contributed by atoms with Gasteiger partial charge >= 0.3 is 0 Å². The van der Waals surface area contributed by atoms with E-state index in [1.54, 1.807) is 0 Å². The standard InChI is InChI=1S/C25H22BrN5O3/c26-17-9-10-20-19(12-17)23(25(33)27-20)30-31-24(32)22-13-21(28-29-22)16-7-4-8-18(11-16)34-14-15-5-2-1-3-6-15/h1-12,21-22,27-29,33H,13-14H2. The summed E-state index contributed by atoms with van der Waals surface area (Å²) in [4.78, 5) is 15.5. The lowest BCUT2D eigenvalue weighted by Gasteiger charge is -2.12. The maximum absolute atomic E-state index is 12.7. The minimum absolute atomic E-state index is 0.0816. The van der Waals surface area contributed by atoms with Crippen molar-refractivity contribution in [2.45, 2.75) is 25.1 Å². The van der Waals surface area contributed by atoms with E-state index in [0.29, 0.717) is 23.9 Å². The molecule has 34 heavy (non-hydrogen) atoms. The highest BCUT2D eigenvalue weighted by atomic mass is 79.9. The Morgan fingerprint density at radius 1 is 1.06 bits per heavy atom. The first-order valence-corrected chi connectivity index (χ1v) is 11.6. The van der Waals surface area contributed by atoms with E-state index in [0.717, 1.165) is 21.3 Å². The molecule has 0 spiro atoms. The number of halogens is 1. The summed E-state index contributed by atoms with van der Waals surface area (Å²) >= 11 is 3.40. The van der Waals surface area contributed by atoms with E-state index in [9.17, 15) is 9.90 Å². The molecule has 172 valence electrons. The number of azo groups is 1. The summed E-state index contributed by atoms with van der Waals surface area (Å²) in [6.45, 7) is 0.486. The Morgan fingerprint density at radius 2 is 1.91 bits per heavy atom. The molecule has 0 saturated carbocycles. The van der Waals surface area contributed by atoms with Crippen LogP contribution in [-0.4, -0.2) is 22.0 Å². The smallest absolute Gasteiger partial charge is 0.282 e. The van der Waals surface area contributed by atoms with Gasteiger partial charge in [0, 0.05) is 15.9 Å². The second-order valence-corrected chi connectivity index (χ2v) is 8.94. The molecule has 1 aliphatic rings. The Labute approximate surface area is 204 Å². The Kier molecular flexibility index (Phi) is 6.39. The molecule has 1 amide bonds. The zero-order chi connectivity index (χ0) is 23.5. The van der Waals surface area contributed by atoms with E-state index < -0.39 is 11.9 Å². The van der Waals surface area contributed by atoms with Crippen LogP contribution in [0.1, 0.15) is 23.6 Å². The molecular formula is C25H22BrN5O3. The highest BCUT2D eigenvalue weighted by molar-refractivity contribution is 9.10. The fourth-order valence-electron chi connectivity index (χ4n) is 3.90. The third-order valence-electron chi connectivity index (χ3n) is 5.67. The summed E-state index contributed by atoms with van der Waals surface area (Å²) in [7, 11) is 0. The number of nitrogens with zero attached hydrogens (tertiary/aromatic N) is 2. The van der Waals surface area contributed by atoms with Gasteiger partial charge < -0.3 is 14.8 Å². The molecule has 0 bridgehead atoms. The number of aromatic hydroxyl groups is 1. The van der Waals surface area contributed by atoms with E-state index in [-0.39, 0.29) is 17.6 Å². The highest BCUT2D eigenvalue weighted by Gasteiger charge is 2.30. The molecule has 5 rings (SSSR count). The largest absolute Gasteiger partial charge is 0.493 e. The van der Waals surface area contributed by atoms with E-state index in [4.69, 9.17) is 4.74 Å². The van der Waals surface area contributed by atoms with Crippen molar-refractivity contribution < 1.29 is 14.6 Å². The van der Waals surface area contributed by atoms with Crippen molar-refractivity contribution in [3.8, 4) is 11.6 Å². The molecule has 9 heteroatoms. The summed E-state index contributed by atoms with van der Waals surface area (Å²) in [6, 6.07) is 22.6. The average Bonchev–Trinajstić information content (AvgIpc) is 3.47. The van der Waals surface area contributed by atoms with Crippen LogP contribution in [0.2, 0.25) is 0 Å². The molecule has 1 aromatic heterocycles. The van der Waals surface area contributed by atoms with Crippen molar-refractivity contribution in [2.24, 2.45) is 10.2 Å². The maximum Gasteiger partial charge on any atom is 0.282 e. The van der Waals surface area contributed by atoms with Crippen LogP contribution < -0.4 is 15.6 Å². The first-order valence-electron chi connectivity index (χ1n) is 10.8. The molecule has 4 N–H and O–H groups in total. The number of rotatable bonds is 6. The molecule has 0 radical (unpaired) electrons. The highest BCUT2D eigenvalue weighted by Crippen LogP contribution is 2.37. The van der Waals surface area contributed by atoms with E-state index in [1.807, 2.05) is 72.8 Å². The van der Waals surface area contributed by atoms with Crippen LogP contribution >= 0.6 is 15.9 Å². The monoisotopic (exact) mass is 519 g/mol. The van der Waals surface area contributed by atoms with Crippen molar-refractivity contribution in [1.29, 1.82) is 0 Å². The predicted octanol–water partition coefficient (Wildman–Crippen LogP) is 5.43. The number of H-pyrrole nitrogens is 1. The fraction of sp³-hybridized carbons (Fsp3) is 0.160. The molecule has 0 aliphatic carbocycles. The Bertz CT molecular complexity index is 1360. The van der Waals surface area contributed by atoms with Crippen molar-refractivity contribution >= 4 is 38.4 Å². The molecule has 2 atom stereocenters. The SMILES string of the molecule is O=C(N=Nc1c(O)[nH]c2ccc(Br)cc12)C1CC(c2cccc(OCc3ccccc3)c2)NN1. The number of ether oxygens (including phenoxy) is 1. The first-order chi connectivity index (χ1) is 16.6. The molecular weight excluding hydrogens is 498 g/mol. The van der Waals surface area contributed by atoms with Gasteiger partial charge in [0.25, 0.3) is 5.91 Å². The van der Waals surface area contributed by atoms with Gasteiger partial charge in [-0.3, -0.25) is 4.79 Å². The van der Waals surface area contributed by atoms with Crippen LogP contribution in [-0.2, 0) is 11.4 Å². The van der Waals surface area contributed by atoms with E-state index in [2.05, 4.69) is 42.0 Å². The molecule has 1 aliphatic heterocycles. The third-order valence-corrected chi connectivity index (χ3v) is 6.17. The number of hydrogen-bond donors (Lipinski definition) is 4. The average molecular weight is 520 g/mol.